The fraction of sp³-hybridized carbons (Fsp3) is 0.567. The third-order valence-electron chi connectivity index (χ3n) is 7.75. The van der Waals surface area contributed by atoms with Gasteiger partial charge in [0.05, 0.1) is 0 Å². The second-order valence-electron chi connectivity index (χ2n) is 11.4. The van der Waals surface area contributed by atoms with Gasteiger partial charge in [0.1, 0.15) is 0 Å². The fourth-order valence-corrected chi connectivity index (χ4v) is 5.02. The largest absolute Gasteiger partial charge is 0.465 e. The van der Waals surface area contributed by atoms with Gasteiger partial charge in [0.15, 0.2) is 11.6 Å². The monoisotopic (exact) mass is 586 g/mol. The zero-order valence-corrected chi connectivity index (χ0v) is 25.4. The Morgan fingerprint density at radius 2 is 1.45 bits per heavy atom. The van der Waals surface area contributed by atoms with Crippen molar-refractivity contribution in [2.75, 3.05) is 39.8 Å². The Bertz CT molecular complexity index is 1230. The second-order valence-corrected chi connectivity index (χ2v) is 11.4. The molecule has 12 nitrogen and oxygen atoms in total. The van der Waals surface area contributed by atoms with E-state index in [9.17, 15) is 38.7 Å². The van der Waals surface area contributed by atoms with E-state index in [2.05, 4.69) is 5.32 Å². The highest BCUT2D eigenvalue weighted by atomic mass is 16.4. The van der Waals surface area contributed by atoms with E-state index < -0.39 is 23.3 Å². The molecule has 0 aromatic heterocycles. The van der Waals surface area contributed by atoms with Crippen LogP contribution in [0.15, 0.2) is 34.4 Å². The van der Waals surface area contributed by atoms with Crippen LogP contribution in [0.5, 0.6) is 0 Å². The molecule has 0 aromatic rings. The number of carboxylic acid groups (broad SMARTS) is 1. The molecule has 42 heavy (non-hydrogen) atoms. The molecule has 230 valence electrons. The average Bonchev–Trinajstić information content (AvgIpc) is 3.23. The molecule has 2 aliphatic rings. The molecule has 1 aliphatic carbocycles. The molecule has 1 heterocycles. The Morgan fingerprint density at radius 3 is 2.05 bits per heavy atom. The molecule has 0 aromatic carbocycles. The van der Waals surface area contributed by atoms with Crippen molar-refractivity contribution in [3.05, 3.63) is 34.4 Å². The predicted molar refractivity (Wildman–Crippen MR) is 154 cm³/mol. The number of carbonyl (C=O) groups is 7. The minimum absolute atomic E-state index is 0.0157. The number of hydrogen-bond acceptors (Lipinski definition) is 7. The van der Waals surface area contributed by atoms with Gasteiger partial charge in [0, 0.05) is 92.5 Å². The lowest BCUT2D eigenvalue weighted by atomic mass is 9.71. The summed E-state index contributed by atoms with van der Waals surface area (Å²) in [7, 11) is 1.58. The fourth-order valence-electron chi connectivity index (χ4n) is 5.02. The van der Waals surface area contributed by atoms with E-state index in [1.54, 1.807) is 41.7 Å². The molecule has 2 N–H and O–H groups in total. The Morgan fingerprint density at radius 1 is 0.857 bits per heavy atom. The average molecular weight is 587 g/mol. The summed E-state index contributed by atoms with van der Waals surface area (Å²) in [6, 6.07) is 0. The molecule has 2 rings (SSSR count). The van der Waals surface area contributed by atoms with Crippen molar-refractivity contribution in [1.29, 1.82) is 0 Å². The molecule has 1 aliphatic heterocycles. The maximum absolute atomic E-state index is 13.0. The Hall–Kier alpha value is -4.09. The van der Waals surface area contributed by atoms with Crippen molar-refractivity contribution in [2.45, 2.75) is 66.7 Å². The van der Waals surface area contributed by atoms with Crippen LogP contribution in [-0.2, 0) is 28.8 Å². The summed E-state index contributed by atoms with van der Waals surface area (Å²) in [6.07, 6.45) is 3.16. The van der Waals surface area contributed by atoms with E-state index in [1.807, 2.05) is 0 Å². The minimum atomic E-state index is -1.11. The van der Waals surface area contributed by atoms with Crippen LogP contribution in [0.2, 0.25) is 0 Å². The SMILES string of the molecule is CC1=C(C)C(=O)C(C(C)(C)CC(=O)N(C)CCN(CCCCCC(=O)NCCN2C(=O)C=CC2=O)C(=O)O)=C(C)C1=O. The summed E-state index contributed by atoms with van der Waals surface area (Å²) < 4.78 is 0. The van der Waals surface area contributed by atoms with Crippen molar-refractivity contribution in [2.24, 2.45) is 5.41 Å². The Labute approximate surface area is 246 Å². The molecule has 0 radical (unpaired) electrons. The van der Waals surface area contributed by atoms with Crippen LogP contribution >= 0.6 is 0 Å². The van der Waals surface area contributed by atoms with E-state index in [1.165, 1.54) is 22.0 Å². The summed E-state index contributed by atoms with van der Waals surface area (Å²) in [4.78, 5) is 89.1. The van der Waals surface area contributed by atoms with Crippen molar-refractivity contribution >= 4 is 41.3 Å². The molecule has 5 amide bonds. The lowest BCUT2D eigenvalue weighted by molar-refractivity contribution is -0.137. The molecule has 0 atom stereocenters. The predicted octanol–water partition coefficient (Wildman–Crippen LogP) is 2.25. The summed E-state index contributed by atoms with van der Waals surface area (Å²) >= 11 is 0. The van der Waals surface area contributed by atoms with Gasteiger partial charge in [-0.2, -0.15) is 0 Å². The number of nitrogens with zero attached hydrogens (tertiary/aromatic N) is 3. The highest BCUT2D eigenvalue weighted by molar-refractivity contribution is 6.25. The molecule has 0 saturated heterocycles. The van der Waals surface area contributed by atoms with Crippen LogP contribution in [0.1, 0.15) is 66.7 Å². The highest BCUT2D eigenvalue weighted by Gasteiger charge is 2.38. The van der Waals surface area contributed by atoms with Gasteiger partial charge in [-0.05, 0) is 33.6 Å². The number of Topliss-reactive ketones (excluding diaryl/α,β-unsaturated/α-hetero) is 2. The molecular weight excluding hydrogens is 544 g/mol. The van der Waals surface area contributed by atoms with Gasteiger partial charge >= 0.3 is 6.09 Å². The van der Waals surface area contributed by atoms with Crippen LogP contribution < -0.4 is 5.32 Å². The number of nitrogens with one attached hydrogen (secondary N) is 1. The van der Waals surface area contributed by atoms with E-state index in [0.717, 1.165) is 4.90 Å². The number of ketones is 2. The van der Waals surface area contributed by atoms with Crippen molar-refractivity contribution in [1.82, 2.24) is 20.0 Å². The van der Waals surface area contributed by atoms with Gasteiger partial charge in [0.25, 0.3) is 11.8 Å². The van der Waals surface area contributed by atoms with E-state index in [4.69, 9.17) is 0 Å². The second kappa shape index (κ2) is 14.7. The normalized spacial score (nSPS) is 15.6. The third-order valence-corrected chi connectivity index (χ3v) is 7.75. The number of rotatable bonds is 15. The standard InChI is InChI=1S/C30H42N4O8/c1-19-20(2)28(40)26(21(3)27(19)39)30(4,5)18-25(38)32(6)16-17-33(29(41)42)14-9-7-8-10-22(35)31-13-15-34-23(36)11-12-24(34)37/h11-12H,7-10,13-18H2,1-6H3,(H,31,35)(H,41,42). The molecule has 0 bridgehead atoms. The topological polar surface area (TPSA) is 161 Å². The molecule has 0 unspecified atom stereocenters. The number of allylic oxidation sites excluding steroid dienone is 4. The number of likely N-dealkylation sites (N-methyl/N-ethyl adjacent to an activating group) is 1. The van der Waals surface area contributed by atoms with Crippen molar-refractivity contribution < 1.29 is 38.7 Å². The number of hydrogen-bond donors (Lipinski definition) is 2. The van der Waals surface area contributed by atoms with Crippen molar-refractivity contribution in [3.8, 4) is 0 Å². The smallest absolute Gasteiger partial charge is 0.407 e. The number of imide groups is 1. The third kappa shape index (κ3) is 8.70. The lowest BCUT2D eigenvalue weighted by Crippen LogP contribution is -2.41. The molecule has 0 saturated carbocycles. The van der Waals surface area contributed by atoms with Crippen LogP contribution in [0.25, 0.3) is 0 Å². The Balaban J connectivity index is 1.75. The summed E-state index contributed by atoms with van der Waals surface area (Å²) in [6.45, 7) is 9.12. The minimum Gasteiger partial charge on any atom is -0.465 e. The van der Waals surface area contributed by atoms with Gasteiger partial charge in [0.2, 0.25) is 11.8 Å². The zero-order chi connectivity index (χ0) is 31.8. The maximum Gasteiger partial charge on any atom is 0.407 e. The zero-order valence-electron chi connectivity index (χ0n) is 25.4. The maximum atomic E-state index is 13.0. The van der Waals surface area contributed by atoms with E-state index in [-0.39, 0.29) is 68.9 Å². The van der Waals surface area contributed by atoms with Crippen LogP contribution in [0.3, 0.4) is 0 Å². The first-order chi connectivity index (χ1) is 19.6. The summed E-state index contributed by atoms with van der Waals surface area (Å²) in [5.74, 6) is -1.71. The van der Waals surface area contributed by atoms with Crippen LogP contribution in [-0.4, -0.2) is 101 Å². The van der Waals surface area contributed by atoms with Gasteiger partial charge < -0.3 is 20.2 Å². The highest BCUT2D eigenvalue weighted by Crippen LogP contribution is 2.39. The van der Waals surface area contributed by atoms with Crippen LogP contribution in [0.4, 0.5) is 4.79 Å². The van der Waals surface area contributed by atoms with Gasteiger partial charge in [-0.25, -0.2) is 4.79 Å². The van der Waals surface area contributed by atoms with Gasteiger partial charge in [-0.1, -0.05) is 20.3 Å². The van der Waals surface area contributed by atoms with Gasteiger partial charge in [-0.15, -0.1) is 0 Å². The first kappa shape index (κ1) is 34.1. The molecular formula is C30H42N4O8. The molecule has 12 heteroatoms. The van der Waals surface area contributed by atoms with Crippen molar-refractivity contribution in [3.63, 3.8) is 0 Å². The molecule has 0 fully saturated rings. The lowest BCUT2D eigenvalue weighted by Gasteiger charge is -2.33. The quantitative estimate of drug-likeness (QED) is 0.168. The van der Waals surface area contributed by atoms with E-state index in [0.29, 0.717) is 41.6 Å². The first-order valence-electron chi connectivity index (χ1n) is 14.1. The number of amides is 5. The summed E-state index contributed by atoms with van der Waals surface area (Å²) in [5, 5.41) is 12.3. The molecule has 0 spiro atoms. The number of carbonyl (C=O) groups excluding carboxylic acids is 6. The number of unbranched alkanes of at least 4 members (excludes halogenated alkanes) is 2. The Kier molecular flexibility index (Phi) is 11.9. The first-order valence-corrected chi connectivity index (χ1v) is 14.1. The summed E-state index contributed by atoms with van der Waals surface area (Å²) in [5.41, 5.74) is 0.611. The van der Waals surface area contributed by atoms with Crippen LogP contribution in [0, 0.1) is 5.41 Å². The van der Waals surface area contributed by atoms with Gasteiger partial charge in [-0.3, -0.25) is 33.7 Å². The van der Waals surface area contributed by atoms with E-state index >= 15 is 0 Å².